The molecule has 2 fully saturated rings. The molecular weight excluding hydrogens is 278 g/mol. The molecule has 1 N–H and O–H groups in total. The van der Waals surface area contributed by atoms with Crippen molar-refractivity contribution in [2.75, 3.05) is 0 Å². The number of amides is 1. The van der Waals surface area contributed by atoms with E-state index in [-0.39, 0.29) is 18.0 Å². The minimum atomic E-state index is -0.790. The van der Waals surface area contributed by atoms with Crippen LogP contribution in [0.25, 0.3) is 0 Å². The van der Waals surface area contributed by atoms with E-state index in [1.54, 1.807) is 0 Å². The molecule has 1 saturated carbocycles. The average Bonchev–Trinajstić information content (AvgIpc) is 2.56. The smallest absolute Gasteiger partial charge is 0.308 e. The maximum atomic E-state index is 12.6. The van der Waals surface area contributed by atoms with Crippen molar-refractivity contribution in [1.29, 1.82) is 0 Å². The van der Waals surface area contributed by atoms with Gasteiger partial charge in [0.1, 0.15) is 0 Å². The van der Waals surface area contributed by atoms with Crippen LogP contribution in [-0.4, -0.2) is 27.9 Å². The number of rotatable bonds is 3. The Hall–Kier alpha value is -1.84. The van der Waals surface area contributed by atoms with Gasteiger partial charge in [-0.05, 0) is 24.8 Å². The topological polar surface area (TPSA) is 57.6 Å². The van der Waals surface area contributed by atoms with E-state index in [0.717, 1.165) is 31.2 Å². The molecule has 0 spiro atoms. The first kappa shape index (κ1) is 15.1. The minimum Gasteiger partial charge on any atom is -0.481 e. The van der Waals surface area contributed by atoms with E-state index < -0.39 is 11.9 Å². The summed E-state index contributed by atoms with van der Waals surface area (Å²) >= 11 is 0. The quantitative estimate of drug-likeness (QED) is 0.931. The maximum absolute atomic E-state index is 12.6. The number of piperidine rings is 1. The largest absolute Gasteiger partial charge is 0.481 e. The summed E-state index contributed by atoms with van der Waals surface area (Å²) in [6.07, 6.45) is 6.29. The molecule has 0 unspecified atom stereocenters. The maximum Gasteiger partial charge on any atom is 0.308 e. The summed E-state index contributed by atoms with van der Waals surface area (Å²) in [5, 5.41) is 9.63. The summed E-state index contributed by atoms with van der Waals surface area (Å²) < 4.78 is 0. The van der Waals surface area contributed by atoms with Gasteiger partial charge in [0, 0.05) is 12.5 Å². The second-order valence-electron chi connectivity index (χ2n) is 6.43. The molecule has 1 aromatic carbocycles. The molecule has 2 aliphatic rings. The van der Waals surface area contributed by atoms with E-state index in [9.17, 15) is 14.7 Å². The highest BCUT2D eigenvalue weighted by Crippen LogP contribution is 2.40. The number of carbonyl (C=O) groups is 2. The molecule has 1 heterocycles. The van der Waals surface area contributed by atoms with Crippen LogP contribution in [0.15, 0.2) is 30.3 Å². The fourth-order valence-electron chi connectivity index (χ4n) is 4.01. The van der Waals surface area contributed by atoms with E-state index in [0.29, 0.717) is 12.8 Å². The molecule has 4 heteroatoms. The molecule has 1 aliphatic carbocycles. The fourth-order valence-corrected chi connectivity index (χ4v) is 4.01. The highest BCUT2D eigenvalue weighted by molar-refractivity contribution is 5.82. The van der Waals surface area contributed by atoms with Gasteiger partial charge < -0.3 is 10.0 Å². The number of carboxylic acids is 1. The number of carbonyl (C=O) groups excluding carboxylic acids is 1. The number of aliphatic carboxylic acids is 1. The lowest BCUT2D eigenvalue weighted by atomic mass is 9.81. The van der Waals surface area contributed by atoms with Crippen LogP contribution in [0.4, 0.5) is 0 Å². The van der Waals surface area contributed by atoms with Gasteiger partial charge in [-0.1, -0.05) is 49.6 Å². The van der Waals surface area contributed by atoms with Crippen molar-refractivity contribution >= 4 is 11.9 Å². The first-order chi connectivity index (χ1) is 10.7. The molecule has 1 aromatic rings. The minimum absolute atomic E-state index is 0.123. The van der Waals surface area contributed by atoms with Gasteiger partial charge in [-0.2, -0.15) is 0 Å². The Kier molecular flexibility index (Phi) is 4.46. The predicted octanol–water partition coefficient (Wildman–Crippen LogP) is 3.38. The van der Waals surface area contributed by atoms with E-state index in [1.807, 2.05) is 35.2 Å². The molecule has 4 nitrogen and oxygen atoms in total. The fraction of sp³-hybridized carbons (Fsp3) is 0.556. The molecule has 3 rings (SSSR count). The lowest BCUT2D eigenvalue weighted by Crippen LogP contribution is -2.50. The third-order valence-electron chi connectivity index (χ3n) is 5.06. The number of benzene rings is 1. The lowest BCUT2D eigenvalue weighted by molar-refractivity contribution is -0.154. The second-order valence-corrected chi connectivity index (χ2v) is 6.43. The van der Waals surface area contributed by atoms with Crippen LogP contribution >= 0.6 is 0 Å². The average molecular weight is 301 g/mol. The SMILES string of the molecule is O=C(O)[C@@H]1CCC(=O)N(C2CCCCC2)[C@@H]1c1ccccc1. The van der Waals surface area contributed by atoms with Gasteiger partial charge in [-0.15, -0.1) is 0 Å². The zero-order valence-electron chi connectivity index (χ0n) is 12.8. The van der Waals surface area contributed by atoms with Crippen LogP contribution in [0, 0.1) is 5.92 Å². The van der Waals surface area contributed by atoms with E-state index in [1.165, 1.54) is 6.42 Å². The van der Waals surface area contributed by atoms with Crippen molar-refractivity contribution < 1.29 is 14.7 Å². The van der Waals surface area contributed by atoms with Gasteiger partial charge in [-0.3, -0.25) is 9.59 Å². The van der Waals surface area contributed by atoms with Crippen LogP contribution < -0.4 is 0 Å². The number of hydrogen-bond donors (Lipinski definition) is 1. The Bertz CT molecular complexity index is 537. The van der Waals surface area contributed by atoms with E-state index in [2.05, 4.69) is 0 Å². The predicted molar refractivity (Wildman–Crippen MR) is 83.3 cm³/mol. The summed E-state index contributed by atoms with van der Waals surface area (Å²) in [7, 11) is 0. The van der Waals surface area contributed by atoms with Crippen LogP contribution in [0.3, 0.4) is 0 Å². The summed E-state index contributed by atoms with van der Waals surface area (Å²) in [6, 6.07) is 9.56. The molecular formula is C18H23NO3. The van der Waals surface area contributed by atoms with Crippen LogP contribution in [0.2, 0.25) is 0 Å². The van der Waals surface area contributed by atoms with Crippen molar-refractivity contribution in [3.05, 3.63) is 35.9 Å². The highest BCUT2D eigenvalue weighted by Gasteiger charge is 2.43. The van der Waals surface area contributed by atoms with Gasteiger partial charge in [0.05, 0.1) is 12.0 Å². The van der Waals surface area contributed by atoms with Crippen molar-refractivity contribution in [2.45, 2.75) is 57.0 Å². The van der Waals surface area contributed by atoms with Crippen LogP contribution in [-0.2, 0) is 9.59 Å². The van der Waals surface area contributed by atoms with E-state index >= 15 is 0 Å². The van der Waals surface area contributed by atoms with Crippen LogP contribution in [0.5, 0.6) is 0 Å². The number of carboxylic acid groups (broad SMARTS) is 1. The zero-order valence-corrected chi connectivity index (χ0v) is 12.8. The zero-order chi connectivity index (χ0) is 15.5. The summed E-state index contributed by atoms with van der Waals surface area (Å²) in [4.78, 5) is 26.2. The molecule has 2 atom stereocenters. The van der Waals surface area contributed by atoms with Gasteiger partial charge in [0.2, 0.25) is 5.91 Å². The van der Waals surface area contributed by atoms with Crippen molar-refractivity contribution in [3.63, 3.8) is 0 Å². The molecule has 22 heavy (non-hydrogen) atoms. The summed E-state index contributed by atoms with van der Waals surface area (Å²) in [5.41, 5.74) is 0.952. The van der Waals surface area contributed by atoms with E-state index in [4.69, 9.17) is 0 Å². The monoisotopic (exact) mass is 301 g/mol. The number of likely N-dealkylation sites (tertiary alicyclic amines) is 1. The van der Waals surface area contributed by atoms with Gasteiger partial charge in [0.25, 0.3) is 0 Å². The third kappa shape index (κ3) is 2.87. The Morgan fingerprint density at radius 2 is 1.73 bits per heavy atom. The Balaban J connectivity index is 1.97. The number of hydrogen-bond acceptors (Lipinski definition) is 2. The normalized spacial score (nSPS) is 26.9. The summed E-state index contributed by atoms with van der Waals surface area (Å²) in [5.74, 6) is -1.16. The third-order valence-corrected chi connectivity index (χ3v) is 5.06. The molecule has 1 saturated heterocycles. The Labute approximate surface area is 131 Å². The van der Waals surface area contributed by atoms with Crippen LogP contribution in [0.1, 0.15) is 56.6 Å². The Morgan fingerprint density at radius 3 is 2.36 bits per heavy atom. The lowest BCUT2D eigenvalue weighted by Gasteiger charge is -2.45. The van der Waals surface area contributed by atoms with Crippen molar-refractivity contribution in [3.8, 4) is 0 Å². The standard InChI is InChI=1S/C18H23NO3/c20-16-12-11-15(18(21)22)17(13-7-3-1-4-8-13)19(16)14-9-5-2-6-10-14/h1,3-4,7-8,14-15,17H,2,5-6,9-12H2,(H,21,22)/t15-,17-/m1/s1. The second kappa shape index (κ2) is 6.51. The highest BCUT2D eigenvalue weighted by atomic mass is 16.4. The first-order valence-corrected chi connectivity index (χ1v) is 8.27. The molecule has 0 aromatic heterocycles. The first-order valence-electron chi connectivity index (χ1n) is 8.27. The molecule has 1 amide bonds. The van der Waals surface area contributed by atoms with Gasteiger partial charge >= 0.3 is 5.97 Å². The number of nitrogens with zero attached hydrogens (tertiary/aromatic N) is 1. The van der Waals surface area contributed by atoms with Gasteiger partial charge in [-0.25, -0.2) is 0 Å². The van der Waals surface area contributed by atoms with Crippen molar-refractivity contribution in [1.82, 2.24) is 4.90 Å². The summed E-state index contributed by atoms with van der Waals surface area (Å²) in [6.45, 7) is 0. The molecule has 1 aliphatic heterocycles. The Morgan fingerprint density at radius 1 is 1.05 bits per heavy atom. The van der Waals surface area contributed by atoms with Gasteiger partial charge in [0.15, 0.2) is 0 Å². The molecule has 0 radical (unpaired) electrons. The molecule has 118 valence electrons. The van der Waals surface area contributed by atoms with Crippen molar-refractivity contribution in [2.24, 2.45) is 5.92 Å². The molecule has 0 bridgehead atoms.